The van der Waals surface area contributed by atoms with E-state index in [-0.39, 0.29) is 0 Å². The Morgan fingerprint density at radius 2 is 2.11 bits per heavy atom. The van der Waals surface area contributed by atoms with E-state index >= 15 is 0 Å². The minimum absolute atomic E-state index is 0.532. The van der Waals surface area contributed by atoms with Crippen molar-refractivity contribution in [3.05, 3.63) is 30.1 Å². The first-order chi connectivity index (χ1) is 8.78. The Kier molecular flexibility index (Phi) is 3.06. The molecule has 1 aromatic heterocycles. The Hall–Kier alpha value is -1.02. The first-order valence-corrected chi connectivity index (χ1v) is 7.31. The lowest BCUT2D eigenvalue weighted by molar-refractivity contribution is 0.408. The van der Waals surface area contributed by atoms with E-state index in [0.717, 1.165) is 24.3 Å². The summed E-state index contributed by atoms with van der Waals surface area (Å²) in [5.74, 6) is 1.79. The summed E-state index contributed by atoms with van der Waals surface area (Å²) < 4.78 is 2.40. The van der Waals surface area contributed by atoms with E-state index in [1.807, 2.05) is 0 Å². The fourth-order valence-electron chi connectivity index (χ4n) is 2.71. The van der Waals surface area contributed by atoms with Crippen LogP contribution in [0.15, 0.2) is 24.3 Å². The summed E-state index contributed by atoms with van der Waals surface area (Å²) in [7, 11) is 0. The fourth-order valence-corrected chi connectivity index (χ4v) is 2.88. The van der Waals surface area contributed by atoms with Crippen LogP contribution in [0.3, 0.4) is 0 Å². The van der Waals surface area contributed by atoms with Gasteiger partial charge in [-0.3, -0.25) is 0 Å². The SMILES string of the molecule is CCC1(Cn2c(CCCl)nc3ccccc32)CC1. The van der Waals surface area contributed by atoms with Crippen LogP contribution in [0.2, 0.25) is 0 Å². The van der Waals surface area contributed by atoms with Crippen molar-refractivity contribution in [3.8, 4) is 0 Å². The van der Waals surface area contributed by atoms with Crippen molar-refractivity contribution in [2.24, 2.45) is 5.41 Å². The van der Waals surface area contributed by atoms with Crippen molar-refractivity contribution in [1.29, 1.82) is 0 Å². The first-order valence-electron chi connectivity index (χ1n) is 6.78. The van der Waals surface area contributed by atoms with Crippen LogP contribution in [0.5, 0.6) is 0 Å². The third kappa shape index (κ3) is 2.03. The molecule has 0 amide bonds. The van der Waals surface area contributed by atoms with Gasteiger partial charge in [0.1, 0.15) is 5.82 Å². The highest BCUT2D eigenvalue weighted by Crippen LogP contribution is 2.50. The number of nitrogens with zero attached hydrogens (tertiary/aromatic N) is 2. The average molecular weight is 263 g/mol. The quantitative estimate of drug-likeness (QED) is 0.745. The van der Waals surface area contributed by atoms with Crippen LogP contribution >= 0.6 is 11.6 Å². The van der Waals surface area contributed by atoms with E-state index in [1.54, 1.807) is 0 Å². The molecule has 0 radical (unpaired) electrons. The standard InChI is InChI=1S/C15H19ClN2/c1-2-15(8-9-15)11-18-13-6-4-3-5-12(13)17-14(18)7-10-16/h3-6H,2,7-11H2,1H3. The number of imidazole rings is 1. The number of hydrogen-bond donors (Lipinski definition) is 0. The van der Waals surface area contributed by atoms with E-state index in [2.05, 4.69) is 35.8 Å². The molecule has 96 valence electrons. The van der Waals surface area contributed by atoms with Crippen molar-refractivity contribution >= 4 is 22.6 Å². The fraction of sp³-hybridized carbons (Fsp3) is 0.533. The number of alkyl halides is 1. The smallest absolute Gasteiger partial charge is 0.111 e. The monoisotopic (exact) mass is 262 g/mol. The molecule has 3 rings (SSSR count). The van der Waals surface area contributed by atoms with Crippen molar-refractivity contribution in [2.75, 3.05) is 5.88 Å². The molecule has 0 unspecified atom stereocenters. The maximum Gasteiger partial charge on any atom is 0.111 e. The van der Waals surface area contributed by atoms with E-state index < -0.39 is 0 Å². The number of fused-ring (bicyclic) bond motifs is 1. The maximum atomic E-state index is 5.90. The molecule has 0 spiro atoms. The second-order valence-electron chi connectivity index (χ2n) is 5.40. The predicted molar refractivity (Wildman–Crippen MR) is 76.1 cm³/mol. The Morgan fingerprint density at radius 3 is 2.78 bits per heavy atom. The van der Waals surface area contributed by atoms with Gasteiger partial charge < -0.3 is 4.57 Å². The van der Waals surface area contributed by atoms with Gasteiger partial charge in [-0.1, -0.05) is 19.1 Å². The maximum absolute atomic E-state index is 5.90. The third-order valence-electron chi connectivity index (χ3n) is 4.25. The number of para-hydroxylation sites is 2. The van der Waals surface area contributed by atoms with Gasteiger partial charge >= 0.3 is 0 Å². The number of halogens is 1. The lowest BCUT2D eigenvalue weighted by Gasteiger charge is -2.16. The van der Waals surface area contributed by atoms with Crippen molar-refractivity contribution in [2.45, 2.75) is 39.2 Å². The van der Waals surface area contributed by atoms with Crippen LogP contribution in [0.1, 0.15) is 32.0 Å². The van der Waals surface area contributed by atoms with Crippen molar-refractivity contribution in [1.82, 2.24) is 9.55 Å². The van der Waals surface area contributed by atoms with Gasteiger partial charge in [0.15, 0.2) is 0 Å². The molecular formula is C15H19ClN2. The van der Waals surface area contributed by atoms with Crippen LogP contribution < -0.4 is 0 Å². The minimum atomic E-state index is 0.532. The van der Waals surface area contributed by atoms with Gasteiger partial charge in [-0.05, 0) is 36.8 Å². The van der Waals surface area contributed by atoms with Gasteiger partial charge in [-0.15, -0.1) is 11.6 Å². The molecule has 1 aliphatic carbocycles. The third-order valence-corrected chi connectivity index (χ3v) is 4.44. The summed E-state index contributed by atoms with van der Waals surface area (Å²) in [6, 6.07) is 8.41. The highest BCUT2D eigenvalue weighted by Gasteiger charge is 2.41. The molecule has 0 N–H and O–H groups in total. The van der Waals surface area contributed by atoms with Crippen molar-refractivity contribution < 1.29 is 0 Å². The number of aromatic nitrogens is 2. The van der Waals surface area contributed by atoms with E-state index in [0.29, 0.717) is 11.3 Å². The Morgan fingerprint density at radius 1 is 1.33 bits per heavy atom. The molecule has 2 nitrogen and oxygen atoms in total. The minimum Gasteiger partial charge on any atom is -0.327 e. The first kappa shape index (κ1) is 12.0. The molecule has 0 atom stereocenters. The van der Waals surface area contributed by atoms with E-state index in [9.17, 15) is 0 Å². The van der Waals surface area contributed by atoms with Gasteiger partial charge in [0.2, 0.25) is 0 Å². The summed E-state index contributed by atoms with van der Waals surface area (Å²) in [6.07, 6.45) is 4.84. The molecule has 1 heterocycles. The Labute approximate surface area is 113 Å². The summed E-state index contributed by atoms with van der Waals surface area (Å²) in [5, 5.41) is 0. The van der Waals surface area contributed by atoms with Gasteiger partial charge in [0.25, 0.3) is 0 Å². The number of rotatable bonds is 5. The van der Waals surface area contributed by atoms with Crippen LogP contribution in [-0.2, 0) is 13.0 Å². The average Bonchev–Trinajstić information content (AvgIpc) is 3.09. The molecule has 1 saturated carbocycles. The molecule has 1 aromatic carbocycles. The molecule has 2 aromatic rings. The molecule has 1 fully saturated rings. The van der Waals surface area contributed by atoms with Crippen LogP contribution in [-0.4, -0.2) is 15.4 Å². The topological polar surface area (TPSA) is 17.8 Å². The van der Waals surface area contributed by atoms with Gasteiger partial charge in [0.05, 0.1) is 11.0 Å². The zero-order chi connectivity index (χ0) is 12.6. The molecule has 18 heavy (non-hydrogen) atoms. The molecule has 0 bridgehead atoms. The Balaban J connectivity index is 2.03. The lowest BCUT2D eigenvalue weighted by atomic mass is 10.0. The molecular weight excluding hydrogens is 244 g/mol. The number of aryl methyl sites for hydroxylation is 1. The highest BCUT2D eigenvalue weighted by molar-refractivity contribution is 6.17. The van der Waals surface area contributed by atoms with Crippen LogP contribution in [0, 0.1) is 5.41 Å². The van der Waals surface area contributed by atoms with Crippen LogP contribution in [0.25, 0.3) is 11.0 Å². The summed E-state index contributed by atoms with van der Waals surface area (Å²) in [6.45, 7) is 3.41. The molecule has 3 heteroatoms. The molecule has 1 aliphatic rings. The normalized spacial score (nSPS) is 17.2. The number of benzene rings is 1. The van der Waals surface area contributed by atoms with E-state index in [4.69, 9.17) is 16.6 Å². The predicted octanol–water partition coefficient (Wildman–Crippen LogP) is 4.01. The molecule has 0 aliphatic heterocycles. The zero-order valence-corrected chi connectivity index (χ0v) is 11.6. The Bertz CT molecular complexity index is 555. The summed E-state index contributed by atoms with van der Waals surface area (Å²) >= 11 is 5.90. The zero-order valence-electron chi connectivity index (χ0n) is 10.8. The van der Waals surface area contributed by atoms with Gasteiger partial charge in [-0.2, -0.15) is 0 Å². The van der Waals surface area contributed by atoms with Crippen molar-refractivity contribution in [3.63, 3.8) is 0 Å². The number of hydrogen-bond acceptors (Lipinski definition) is 1. The van der Waals surface area contributed by atoms with Gasteiger partial charge in [-0.25, -0.2) is 4.98 Å². The lowest BCUT2D eigenvalue weighted by Crippen LogP contribution is -2.13. The summed E-state index contributed by atoms with van der Waals surface area (Å²) in [5.41, 5.74) is 2.90. The van der Waals surface area contributed by atoms with Crippen LogP contribution in [0.4, 0.5) is 0 Å². The second-order valence-corrected chi connectivity index (χ2v) is 5.77. The van der Waals surface area contributed by atoms with Gasteiger partial charge in [0, 0.05) is 18.8 Å². The van der Waals surface area contributed by atoms with E-state index in [1.165, 1.54) is 24.8 Å². The summed E-state index contributed by atoms with van der Waals surface area (Å²) in [4.78, 5) is 4.73. The highest BCUT2D eigenvalue weighted by atomic mass is 35.5. The largest absolute Gasteiger partial charge is 0.327 e. The second kappa shape index (κ2) is 4.58. The molecule has 0 saturated heterocycles.